The molecule has 3 nitrogen and oxygen atoms in total. The van der Waals surface area contributed by atoms with Crippen molar-refractivity contribution in [2.75, 3.05) is 7.11 Å². The second-order valence-electron chi connectivity index (χ2n) is 2.43. The van der Waals surface area contributed by atoms with E-state index in [-0.39, 0.29) is 0 Å². The van der Waals surface area contributed by atoms with Gasteiger partial charge in [-0.05, 0) is 34.8 Å². The van der Waals surface area contributed by atoms with Crippen LogP contribution in [0.15, 0.2) is 21.6 Å². The maximum atomic E-state index is 11.2. The Labute approximate surface area is 94.9 Å². The van der Waals surface area contributed by atoms with E-state index in [1.165, 1.54) is 7.11 Å². The number of nitrogens with zero attached hydrogens (tertiary/aromatic N) is 1. The Bertz CT molecular complexity index is 393. The van der Waals surface area contributed by atoms with Gasteiger partial charge in [0.15, 0.2) is 0 Å². The zero-order chi connectivity index (χ0) is 10.7. The maximum absolute atomic E-state index is 11.2. The van der Waals surface area contributed by atoms with Crippen LogP contribution < -0.4 is 0 Å². The molecule has 0 N–H and O–H groups in total. The van der Waals surface area contributed by atoms with Crippen LogP contribution in [0.3, 0.4) is 0 Å². The fraction of sp³-hybridized carbons (Fsp3) is 0.111. The molecule has 0 fully saturated rings. The quantitative estimate of drug-likeness (QED) is 0.614. The lowest BCUT2D eigenvalue weighted by atomic mass is 10.2. The lowest BCUT2D eigenvalue weighted by molar-refractivity contribution is 0.0601. The third-order valence-corrected chi connectivity index (χ3v) is 2.56. The molecule has 0 aromatic heterocycles. The van der Waals surface area contributed by atoms with E-state index < -0.39 is 5.97 Å². The molecule has 0 spiro atoms. The molecule has 0 bridgehead atoms. The monoisotopic (exact) mass is 275 g/mol. The highest BCUT2D eigenvalue weighted by atomic mass is 79.9. The summed E-state index contributed by atoms with van der Waals surface area (Å²) in [6.45, 7) is 3.37. The first kappa shape index (κ1) is 11.2. The normalized spacial score (nSPS) is 9.64. The van der Waals surface area contributed by atoms with Gasteiger partial charge in [-0.1, -0.05) is 11.6 Å². The van der Waals surface area contributed by atoms with Gasteiger partial charge in [-0.2, -0.15) is 0 Å². The van der Waals surface area contributed by atoms with E-state index in [1.54, 1.807) is 12.1 Å². The van der Waals surface area contributed by atoms with E-state index in [4.69, 9.17) is 11.6 Å². The molecular weight excluding hydrogens is 269 g/mol. The van der Waals surface area contributed by atoms with Gasteiger partial charge in [-0.3, -0.25) is 4.99 Å². The van der Waals surface area contributed by atoms with Gasteiger partial charge in [0.1, 0.15) is 0 Å². The standard InChI is InChI=1S/C9H7BrClNO2/c1-12-8-4-7(11)5(3-6(8)10)9(13)14-2/h3-4H,1H2,2H3. The van der Waals surface area contributed by atoms with Crippen LogP contribution in [0.4, 0.5) is 5.69 Å². The second kappa shape index (κ2) is 4.57. The number of halogens is 2. The van der Waals surface area contributed by atoms with Crippen molar-refractivity contribution in [1.29, 1.82) is 0 Å². The third-order valence-electron chi connectivity index (χ3n) is 1.61. The predicted octanol–water partition coefficient (Wildman–Crippen LogP) is 3.22. The van der Waals surface area contributed by atoms with Crippen molar-refractivity contribution in [2.45, 2.75) is 0 Å². The molecule has 0 heterocycles. The van der Waals surface area contributed by atoms with Crippen molar-refractivity contribution in [2.24, 2.45) is 4.99 Å². The molecule has 0 saturated carbocycles. The summed E-state index contributed by atoms with van der Waals surface area (Å²) in [7, 11) is 1.30. The van der Waals surface area contributed by atoms with Gasteiger partial charge in [0.2, 0.25) is 0 Å². The summed E-state index contributed by atoms with van der Waals surface area (Å²) in [5.74, 6) is -0.480. The molecule has 1 aromatic carbocycles. The van der Waals surface area contributed by atoms with Crippen molar-refractivity contribution >= 4 is 45.9 Å². The number of carbonyl (C=O) groups is 1. The number of rotatable bonds is 2. The topological polar surface area (TPSA) is 38.7 Å². The van der Waals surface area contributed by atoms with Crippen molar-refractivity contribution in [1.82, 2.24) is 0 Å². The summed E-state index contributed by atoms with van der Waals surface area (Å²) in [5, 5.41) is 0.294. The van der Waals surface area contributed by atoms with Crippen LogP contribution in [0, 0.1) is 0 Å². The van der Waals surface area contributed by atoms with E-state index in [1.807, 2.05) is 0 Å². The summed E-state index contributed by atoms with van der Waals surface area (Å²) in [6.07, 6.45) is 0. The molecule has 0 atom stereocenters. The molecule has 1 rings (SSSR count). The number of hydrogen-bond donors (Lipinski definition) is 0. The summed E-state index contributed by atoms with van der Waals surface area (Å²) < 4.78 is 5.21. The number of hydrogen-bond acceptors (Lipinski definition) is 3. The van der Waals surface area contributed by atoms with Gasteiger partial charge in [-0.25, -0.2) is 4.79 Å². The van der Waals surface area contributed by atoms with E-state index in [9.17, 15) is 4.79 Å². The van der Waals surface area contributed by atoms with Crippen molar-refractivity contribution in [3.05, 3.63) is 27.2 Å². The van der Waals surface area contributed by atoms with Gasteiger partial charge >= 0.3 is 5.97 Å². The van der Waals surface area contributed by atoms with Crippen LogP contribution in [-0.4, -0.2) is 19.8 Å². The Morgan fingerprint density at radius 1 is 1.64 bits per heavy atom. The van der Waals surface area contributed by atoms with E-state index in [0.717, 1.165) is 0 Å². The average Bonchev–Trinajstić information content (AvgIpc) is 2.19. The smallest absolute Gasteiger partial charge is 0.339 e. The molecule has 14 heavy (non-hydrogen) atoms. The number of carbonyl (C=O) groups excluding carboxylic acids is 1. The molecule has 74 valence electrons. The zero-order valence-electron chi connectivity index (χ0n) is 7.38. The fourth-order valence-electron chi connectivity index (χ4n) is 0.924. The Morgan fingerprint density at radius 3 is 2.79 bits per heavy atom. The largest absolute Gasteiger partial charge is 0.465 e. The molecule has 0 aliphatic carbocycles. The minimum Gasteiger partial charge on any atom is -0.465 e. The predicted molar refractivity (Wildman–Crippen MR) is 59.7 cm³/mol. The van der Waals surface area contributed by atoms with Gasteiger partial charge < -0.3 is 4.74 Å². The molecule has 0 unspecified atom stereocenters. The number of benzene rings is 1. The van der Waals surface area contributed by atoms with E-state index >= 15 is 0 Å². The van der Waals surface area contributed by atoms with Gasteiger partial charge in [0.05, 0.1) is 23.4 Å². The van der Waals surface area contributed by atoms with Crippen LogP contribution in [0.25, 0.3) is 0 Å². The van der Waals surface area contributed by atoms with Crippen molar-refractivity contribution in [3.8, 4) is 0 Å². The van der Waals surface area contributed by atoms with Gasteiger partial charge in [0, 0.05) is 4.47 Å². The summed E-state index contributed by atoms with van der Waals surface area (Å²) in [6, 6.07) is 3.10. The van der Waals surface area contributed by atoms with E-state index in [0.29, 0.717) is 20.7 Å². The van der Waals surface area contributed by atoms with Crippen LogP contribution in [0.5, 0.6) is 0 Å². The Hall–Kier alpha value is -0.870. The number of esters is 1. The summed E-state index contributed by atoms with van der Waals surface area (Å²) in [4.78, 5) is 14.9. The molecule has 0 aliphatic heterocycles. The van der Waals surface area contributed by atoms with Gasteiger partial charge in [0.25, 0.3) is 0 Å². The summed E-state index contributed by atoms with van der Waals surface area (Å²) in [5.41, 5.74) is 0.885. The van der Waals surface area contributed by atoms with Crippen LogP contribution >= 0.6 is 27.5 Å². The minimum atomic E-state index is -0.480. The van der Waals surface area contributed by atoms with Crippen molar-refractivity contribution in [3.63, 3.8) is 0 Å². The minimum absolute atomic E-state index is 0.294. The first-order valence-electron chi connectivity index (χ1n) is 3.64. The first-order valence-corrected chi connectivity index (χ1v) is 4.81. The Morgan fingerprint density at radius 2 is 2.29 bits per heavy atom. The molecular formula is C9H7BrClNO2. The average molecular weight is 277 g/mol. The highest BCUT2D eigenvalue weighted by molar-refractivity contribution is 9.10. The van der Waals surface area contributed by atoms with Crippen LogP contribution in [0.1, 0.15) is 10.4 Å². The number of methoxy groups -OCH3 is 1. The second-order valence-corrected chi connectivity index (χ2v) is 3.69. The van der Waals surface area contributed by atoms with E-state index in [2.05, 4.69) is 32.4 Å². The number of ether oxygens (including phenoxy) is 1. The molecule has 0 saturated heterocycles. The summed E-state index contributed by atoms with van der Waals surface area (Å²) >= 11 is 9.08. The first-order chi connectivity index (χ1) is 6.60. The Balaban J connectivity index is 3.28. The van der Waals surface area contributed by atoms with Crippen LogP contribution in [0.2, 0.25) is 5.02 Å². The van der Waals surface area contributed by atoms with Gasteiger partial charge in [-0.15, -0.1) is 0 Å². The number of aliphatic imine (C=N–C) groups is 1. The molecule has 0 radical (unpaired) electrons. The fourth-order valence-corrected chi connectivity index (χ4v) is 1.63. The Kier molecular flexibility index (Phi) is 3.66. The highest BCUT2D eigenvalue weighted by Crippen LogP contribution is 2.31. The SMILES string of the molecule is C=Nc1cc(Cl)c(C(=O)OC)cc1Br. The van der Waals surface area contributed by atoms with Crippen molar-refractivity contribution < 1.29 is 9.53 Å². The lowest BCUT2D eigenvalue weighted by Gasteiger charge is -2.04. The highest BCUT2D eigenvalue weighted by Gasteiger charge is 2.13. The molecule has 0 aliphatic rings. The third kappa shape index (κ3) is 2.13. The molecule has 0 amide bonds. The van der Waals surface area contributed by atoms with Crippen LogP contribution in [-0.2, 0) is 4.74 Å². The zero-order valence-corrected chi connectivity index (χ0v) is 9.72. The molecule has 5 heteroatoms. The lowest BCUT2D eigenvalue weighted by Crippen LogP contribution is -2.01. The molecule has 1 aromatic rings. The maximum Gasteiger partial charge on any atom is 0.339 e.